The Balaban J connectivity index is 0.779. The maximum Gasteiger partial charge on any atom is 0.423 e. The largest absolute Gasteiger partial charge is 0.490 e. The summed E-state index contributed by atoms with van der Waals surface area (Å²) in [5.74, 6) is 1.77. The lowest BCUT2D eigenvalue weighted by Gasteiger charge is -2.31. The number of hydrogen-bond acceptors (Lipinski definition) is 11. The number of nitrogens with zero attached hydrogens (tertiary/aromatic N) is 3. The first-order chi connectivity index (χ1) is 25.5. The van der Waals surface area contributed by atoms with Crippen molar-refractivity contribution >= 4 is 29.3 Å². The van der Waals surface area contributed by atoms with Crippen LogP contribution in [0.1, 0.15) is 80.9 Å². The van der Waals surface area contributed by atoms with Gasteiger partial charge in [-0.05, 0) is 61.8 Å². The SMILES string of the molecule is O=C(CCCC[C@@H]1SC[C@@H]2NC(O)N[C@@H]21)NCCCCCCNC(=O)CN1CCC(Oc2ccc3c(c2)CN(c2cn[nH]c(=O)c2C(F)(F)F)C3)CC1. The average Bonchev–Trinajstić information content (AvgIpc) is 3.82. The van der Waals surface area contributed by atoms with Crippen LogP contribution in [-0.2, 0) is 28.9 Å². The zero-order valence-corrected chi connectivity index (χ0v) is 30.7. The standard InChI is InChI=1S/C36H51F3N8O5S/c37-36(38,39)32-28(18-42-45-34(32)50)47-19-23-9-10-26(17-24(23)20-47)52-25-11-15-46(16-12-25)21-31(49)41-14-6-2-1-5-13-40-30(48)8-4-3-7-29-33-27(22-53-29)43-35(51)44-33/h9-10,17-18,25,27,29,33,35,43-44,51H,1-8,11-16,19-22H2,(H,40,48)(H,41,49)(H,45,50)/t27-,29-,33-,35?/m0/s1. The molecule has 2 aromatic rings. The van der Waals surface area contributed by atoms with E-state index < -0.39 is 23.7 Å². The van der Waals surface area contributed by atoms with E-state index in [2.05, 4.69) is 31.3 Å². The first-order valence-electron chi connectivity index (χ1n) is 18.8. The molecular formula is C36H51F3N8O5S. The molecule has 0 spiro atoms. The minimum atomic E-state index is -4.80. The molecular weight excluding hydrogens is 714 g/mol. The van der Waals surface area contributed by atoms with Gasteiger partial charge in [-0.25, -0.2) is 5.10 Å². The molecule has 3 fully saturated rings. The number of benzene rings is 1. The Morgan fingerprint density at radius 3 is 2.47 bits per heavy atom. The third-order valence-corrected chi connectivity index (χ3v) is 12.0. The summed E-state index contributed by atoms with van der Waals surface area (Å²) < 4.78 is 47.0. The van der Waals surface area contributed by atoms with Crippen molar-refractivity contribution in [2.75, 3.05) is 43.4 Å². The number of nitrogens with one attached hydrogen (secondary N) is 5. The number of aromatic nitrogens is 2. The van der Waals surface area contributed by atoms with Crippen LogP contribution < -0.4 is 36.5 Å². The first-order valence-corrected chi connectivity index (χ1v) is 19.8. The minimum Gasteiger partial charge on any atom is -0.490 e. The number of alkyl halides is 3. The molecule has 2 amide bonds. The second-order valence-electron chi connectivity index (χ2n) is 14.4. The van der Waals surface area contributed by atoms with E-state index in [9.17, 15) is 32.7 Å². The van der Waals surface area contributed by atoms with Gasteiger partial charge in [-0.2, -0.15) is 30.0 Å². The van der Waals surface area contributed by atoms with Gasteiger partial charge in [0.05, 0.1) is 18.4 Å². The average molecular weight is 765 g/mol. The van der Waals surface area contributed by atoms with Crippen molar-refractivity contribution < 1.29 is 32.6 Å². The number of rotatable bonds is 17. The van der Waals surface area contributed by atoms with Gasteiger partial charge in [0.15, 0.2) is 6.35 Å². The van der Waals surface area contributed by atoms with Gasteiger partial charge in [0.25, 0.3) is 5.56 Å². The molecule has 5 heterocycles. The minimum absolute atomic E-state index is 0.00389. The number of piperidine rings is 1. The van der Waals surface area contributed by atoms with Crippen molar-refractivity contribution in [1.82, 2.24) is 36.4 Å². The lowest BCUT2D eigenvalue weighted by Crippen LogP contribution is -2.43. The van der Waals surface area contributed by atoms with Crippen LogP contribution >= 0.6 is 11.8 Å². The van der Waals surface area contributed by atoms with Gasteiger partial charge < -0.3 is 25.4 Å². The zero-order chi connectivity index (χ0) is 37.4. The van der Waals surface area contributed by atoms with Gasteiger partial charge in [-0.15, -0.1) is 0 Å². The normalized spacial score (nSPS) is 23.2. The number of anilines is 1. The molecule has 1 aromatic carbocycles. The van der Waals surface area contributed by atoms with Crippen molar-refractivity contribution in [1.29, 1.82) is 0 Å². The number of ether oxygens (including phenoxy) is 1. The summed E-state index contributed by atoms with van der Waals surface area (Å²) in [6.07, 6.45) is 4.37. The number of amides is 2. The van der Waals surface area contributed by atoms with Crippen molar-refractivity contribution in [2.45, 2.75) is 113 Å². The van der Waals surface area contributed by atoms with E-state index in [1.165, 1.54) is 4.90 Å². The monoisotopic (exact) mass is 764 g/mol. The second-order valence-corrected chi connectivity index (χ2v) is 15.7. The number of fused-ring (bicyclic) bond motifs is 2. The molecule has 0 bridgehead atoms. The van der Waals surface area contributed by atoms with E-state index in [4.69, 9.17) is 4.74 Å². The van der Waals surface area contributed by atoms with Crippen LogP contribution in [0, 0.1) is 0 Å². The summed E-state index contributed by atoms with van der Waals surface area (Å²) in [6.45, 7) is 3.52. The van der Waals surface area contributed by atoms with Crippen molar-refractivity contribution in [3.05, 3.63) is 51.4 Å². The molecule has 4 aliphatic heterocycles. The summed E-state index contributed by atoms with van der Waals surface area (Å²) in [6, 6.07) is 6.18. The highest BCUT2D eigenvalue weighted by molar-refractivity contribution is 8.00. The van der Waals surface area contributed by atoms with E-state index in [1.54, 1.807) is 0 Å². The van der Waals surface area contributed by atoms with Gasteiger partial charge in [0.2, 0.25) is 11.8 Å². The smallest absolute Gasteiger partial charge is 0.423 e. The van der Waals surface area contributed by atoms with Crippen molar-refractivity contribution in [3.8, 4) is 5.75 Å². The first kappa shape index (κ1) is 39.3. The van der Waals surface area contributed by atoms with Gasteiger partial charge in [0, 0.05) is 68.8 Å². The Bertz CT molecular complexity index is 1610. The quantitative estimate of drug-likeness (QED) is 0.131. The third kappa shape index (κ3) is 10.9. The molecule has 0 radical (unpaired) electrons. The highest BCUT2D eigenvalue weighted by Gasteiger charge is 2.42. The van der Waals surface area contributed by atoms with Crippen LogP contribution in [0.25, 0.3) is 0 Å². The number of aliphatic hydroxyl groups excluding tert-OH is 1. The molecule has 4 aliphatic rings. The number of H-pyrrole nitrogens is 1. The van der Waals surface area contributed by atoms with Crippen LogP contribution in [-0.4, -0.2) is 100 Å². The number of hydrogen-bond donors (Lipinski definition) is 6. The maximum absolute atomic E-state index is 13.6. The molecule has 0 aliphatic carbocycles. The lowest BCUT2D eigenvalue weighted by atomic mass is 10.0. The Kier molecular flexibility index (Phi) is 13.6. The highest BCUT2D eigenvalue weighted by atomic mass is 32.2. The van der Waals surface area contributed by atoms with E-state index in [-0.39, 0.29) is 36.7 Å². The molecule has 13 nitrogen and oxygen atoms in total. The fourth-order valence-electron chi connectivity index (χ4n) is 7.70. The van der Waals surface area contributed by atoms with Gasteiger partial charge in [-0.3, -0.25) is 29.9 Å². The van der Waals surface area contributed by atoms with E-state index in [0.717, 1.165) is 94.0 Å². The fraction of sp³-hybridized carbons (Fsp3) is 0.667. The van der Waals surface area contributed by atoms with Crippen LogP contribution in [0.4, 0.5) is 18.9 Å². The van der Waals surface area contributed by atoms with Crippen molar-refractivity contribution in [3.63, 3.8) is 0 Å². The number of carbonyl (C=O) groups is 2. The summed E-state index contributed by atoms with van der Waals surface area (Å²) in [5, 5.41) is 28.1. The second kappa shape index (κ2) is 18.3. The summed E-state index contributed by atoms with van der Waals surface area (Å²) in [5.41, 5.74) is -1.04. The molecule has 6 rings (SSSR count). The molecule has 17 heteroatoms. The number of likely N-dealkylation sites (tertiary alicyclic amines) is 1. The van der Waals surface area contributed by atoms with Gasteiger partial charge >= 0.3 is 6.18 Å². The molecule has 1 aromatic heterocycles. The van der Waals surface area contributed by atoms with Gasteiger partial charge in [-0.1, -0.05) is 25.3 Å². The summed E-state index contributed by atoms with van der Waals surface area (Å²) >= 11 is 1.94. The molecule has 53 heavy (non-hydrogen) atoms. The van der Waals surface area contributed by atoms with Crippen LogP contribution in [0.2, 0.25) is 0 Å². The topological polar surface area (TPSA) is 164 Å². The number of halogens is 3. The third-order valence-electron chi connectivity index (χ3n) is 10.5. The van der Waals surface area contributed by atoms with Crippen molar-refractivity contribution in [2.24, 2.45) is 0 Å². The number of aromatic amines is 1. The molecule has 292 valence electrons. The molecule has 1 unspecified atom stereocenters. The Labute approximate surface area is 311 Å². The molecule has 6 N–H and O–H groups in total. The van der Waals surface area contributed by atoms with Crippen LogP contribution in [0.15, 0.2) is 29.2 Å². The predicted molar refractivity (Wildman–Crippen MR) is 195 cm³/mol. The summed E-state index contributed by atoms with van der Waals surface area (Å²) in [7, 11) is 0. The Morgan fingerprint density at radius 1 is 0.981 bits per heavy atom. The number of carbonyl (C=O) groups excluding carboxylic acids is 2. The fourth-order valence-corrected chi connectivity index (χ4v) is 9.26. The number of thioether (sulfide) groups is 1. The van der Waals surface area contributed by atoms with E-state index >= 15 is 0 Å². The number of unbranched alkanes of at least 4 members (excludes halogenated alkanes) is 4. The molecule has 3 saturated heterocycles. The predicted octanol–water partition coefficient (Wildman–Crippen LogP) is 2.83. The molecule has 4 atom stereocenters. The Hall–Kier alpha value is -3.38. The van der Waals surface area contributed by atoms with E-state index in [1.807, 2.05) is 35.1 Å². The van der Waals surface area contributed by atoms with E-state index in [0.29, 0.717) is 49.1 Å². The summed E-state index contributed by atoms with van der Waals surface area (Å²) in [4.78, 5) is 40.3. The van der Waals surface area contributed by atoms with Crippen LogP contribution in [0.5, 0.6) is 5.75 Å². The number of aliphatic hydroxyl groups is 1. The Morgan fingerprint density at radius 2 is 1.72 bits per heavy atom. The molecule has 0 saturated carbocycles. The zero-order valence-electron chi connectivity index (χ0n) is 29.9. The van der Waals surface area contributed by atoms with Crippen LogP contribution in [0.3, 0.4) is 0 Å². The highest BCUT2D eigenvalue weighted by Crippen LogP contribution is 2.38. The van der Waals surface area contributed by atoms with Gasteiger partial charge in [0.1, 0.15) is 17.4 Å². The maximum atomic E-state index is 13.6. The lowest BCUT2D eigenvalue weighted by molar-refractivity contribution is -0.138.